The van der Waals surface area contributed by atoms with Gasteiger partial charge in [-0.25, -0.2) is 0 Å². The highest BCUT2D eigenvalue weighted by atomic mass is 32.1. The lowest BCUT2D eigenvalue weighted by Gasteiger charge is -2.11. The highest BCUT2D eigenvalue weighted by molar-refractivity contribution is 7.09. The van der Waals surface area contributed by atoms with Gasteiger partial charge in [-0.05, 0) is 42.8 Å². The topological polar surface area (TPSA) is 48.3 Å². The largest absolute Gasteiger partial charge is 0.457 e. The maximum atomic E-state index is 12.6. The van der Waals surface area contributed by atoms with E-state index in [0.717, 1.165) is 23.5 Å². The van der Waals surface area contributed by atoms with Gasteiger partial charge in [0.25, 0.3) is 0 Å². The molecule has 0 aliphatic heterocycles. The Kier molecular flexibility index (Phi) is 6.47. The molecule has 0 fully saturated rings. The van der Waals surface area contributed by atoms with Gasteiger partial charge in [0.1, 0.15) is 0 Å². The SMILES string of the molecule is Cc1cc(C(=O)COC(=O)C[C@H](C)c2ccccc2)c(C)n1Cc1cccs1. The third kappa shape index (κ3) is 4.78. The minimum atomic E-state index is -0.350. The van der Waals surface area contributed by atoms with E-state index < -0.39 is 0 Å². The molecule has 4 nitrogen and oxygen atoms in total. The second-order valence-corrected chi connectivity index (χ2v) is 8.08. The van der Waals surface area contributed by atoms with Crippen molar-refractivity contribution in [2.24, 2.45) is 0 Å². The van der Waals surface area contributed by atoms with Crippen LogP contribution in [0.1, 0.15) is 51.4 Å². The summed E-state index contributed by atoms with van der Waals surface area (Å²) in [7, 11) is 0. The van der Waals surface area contributed by atoms with Crippen LogP contribution in [0.15, 0.2) is 53.9 Å². The van der Waals surface area contributed by atoms with Crippen molar-refractivity contribution in [1.29, 1.82) is 0 Å². The molecule has 3 aromatic rings. The van der Waals surface area contributed by atoms with Gasteiger partial charge in [-0.15, -0.1) is 11.3 Å². The molecule has 0 radical (unpaired) electrons. The number of Topliss-reactive ketones (excluding diaryl/α,β-unsaturated/α-hetero) is 1. The van der Waals surface area contributed by atoms with Crippen molar-refractivity contribution in [3.8, 4) is 0 Å². The van der Waals surface area contributed by atoms with Crippen molar-refractivity contribution >= 4 is 23.1 Å². The Morgan fingerprint density at radius 1 is 1.11 bits per heavy atom. The van der Waals surface area contributed by atoms with Crippen LogP contribution < -0.4 is 0 Å². The normalized spacial score (nSPS) is 12.0. The van der Waals surface area contributed by atoms with Gasteiger partial charge in [-0.2, -0.15) is 0 Å². The summed E-state index contributed by atoms with van der Waals surface area (Å²) in [5.41, 5.74) is 3.64. The van der Waals surface area contributed by atoms with Gasteiger partial charge in [-0.1, -0.05) is 43.3 Å². The lowest BCUT2D eigenvalue weighted by molar-refractivity contribution is -0.142. The lowest BCUT2D eigenvalue weighted by Crippen LogP contribution is -2.16. The molecule has 3 rings (SSSR count). The fraction of sp³-hybridized carbons (Fsp3) is 0.304. The molecule has 5 heteroatoms. The number of esters is 1. The first-order chi connectivity index (χ1) is 13.5. The fourth-order valence-corrected chi connectivity index (χ4v) is 4.01. The van der Waals surface area contributed by atoms with Gasteiger partial charge >= 0.3 is 5.97 Å². The molecule has 0 unspecified atom stereocenters. The summed E-state index contributed by atoms with van der Waals surface area (Å²) in [5.74, 6) is -0.456. The van der Waals surface area contributed by atoms with E-state index in [1.807, 2.05) is 68.6 Å². The Hall–Kier alpha value is -2.66. The number of ketones is 1. The zero-order valence-corrected chi connectivity index (χ0v) is 17.3. The minimum absolute atomic E-state index is 0.0552. The Bertz CT molecular complexity index is 942. The Morgan fingerprint density at radius 2 is 1.86 bits per heavy atom. The molecular weight excluding hydrogens is 370 g/mol. The summed E-state index contributed by atoms with van der Waals surface area (Å²) in [4.78, 5) is 26.0. The number of aromatic nitrogens is 1. The van der Waals surface area contributed by atoms with Crippen LogP contribution in [0.25, 0.3) is 0 Å². The maximum Gasteiger partial charge on any atom is 0.306 e. The van der Waals surface area contributed by atoms with Gasteiger partial charge in [0.05, 0.1) is 13.0 Å². The number of aryl methyl sites for hydroxylation is 1. The van der Waals surface area contributed by atoms with Crippen molar-refractivity contribution in [2.75, 3.05) is 6.61 Å². The second-order valence-electron chi connectivity index (χ2n) is 7.05. The fourth-order valence-electron chi connectivity index (χ4n) is 3.32. The van der Waals surface area contributed by atoms with Gasteiger partial charge < -0.3 is 9.30 Å². The quantitative estimate of drug-likeness (QED) is 0.392. The van der Waals surface area contributed by atoms with Crippen molar-refractivity contribution in [1.82, 2.24) is 4.57 Å². The van der Waals surface area contributed by atoms with Crippen LogP contribution in [0, 0.1) is 13.8 Å². The smallest absolute Gasteiger partial charge is 0.306 e. The van der Waals surface area contributed by atoms with E-state index in [-0.39, 0.29) is 30.7 Å². The molecule has 0 aliphatic carbocycles. The van der Waals surface area contributed by atoms with E-state index in [0.29, 0.717) is 5.56 Å². The van der Waals surface area contributed by atoms with E-state index in [1.54, 1.807) is 11.3 Å². The highest BCUT2D eigenvalue weighted by Crippen LogP contribution is 2.21. The molecule has 0 spiro atoms. The number of carbonyl (C=O) groups excluding carboxylic acids is 2. The monoisotopic (exact) mass is 395 g/mol. The van der Waals surface area contributed by atoms with E-state index in [2.05, 4.69) is 10.6 Å². The molecule has 0 N–H and O–H groups in total. The molecule has 0 amide bonds. The zero-order valence-electron chi connectivity index (χ0n) is 16.5. The maximum absolute atomic E-state index is 12.6. The van der Waals surface area contributed by atoms with Crippen molar-refractivity contribution in [2.45, 2.75) is 39.7 Å². The van der Waals surface area contributed by atoms with E-state index in [1.165, 1.54) is 4.88 Å². The van der Waals surface area contributed by atoms with E-state index in [9.17, 15) is 9.59 Å². The minimum Gasteiger partial charge on any atom is -0.457 e. The summed E-state index contributed by atoms with van der Waals surface area (Å²) in [6, 6.07) is 15.8. The van der Waals surface area contributed by atoms with Gasteiger partial charge in [0.15, 0.2) is 6.61 Å². The molecule has 146 valence electrons. The predicted octanol–water partition coefficient (Wildman–Crippen LogP) is 5.13. The molecule has 1 aromatic carbocycles. The van der Waals surface area contributed by atoms with Crippen LogP contribution in [-0.2, 0) is 16.1 Å². The standard InChI is InChI=1S/C23H25NO3S/c1-16(19-8-5-4-6-9-19)12-23(26)27-15-22(25)21-13-17(2)24(18(21)3)14-20-10-7-11-28-20/h4-11,13,16H,12,14-15H2,1-3H3/t16-/m0/s1. The van der Waals surface area contributed by atoms with Crippen LogP contribution in [0.4, 0.5) is 0 Å². The first-order valence-electron chi connectivity index (χ1n) is 9.38. The molecule has 0 saturated carbocycles. The third-order valence-corrected chi connectivity index (χ3v) is 5.83. The van der Waals surface area contributed by atoms with Gasteiger partial charge in [-0.3, -0.25) is 9.59 Å². The van der Waals surface area contributed by atoms with Gasteiger partial charge in [0, 0.05) is 21.8 Å². The predicted molar refractivity (Wildman–Crippen MR) is 112 cm³/mol. The number of carbonyl (C=O) groups is 2. The van der Waals surface area contributed by atoms with Crippen LogP contribution >= 0.6 is 11.3 Å². The number of hydrogen-bond acceptors (Lipinski definition) is 4. The molecule has 0 aliphatic rings. The number of thiophene rings is 1. The molecule has 28 heavy (non-hydrogen) atoms. The number of rotatable bonds is 8. The lowest BCUT2D eigenvalue weighted by atomic mass is 9.98. The molecule has 1 atom stereocenters. The zero-order chi connectivity index (χ0) is 20.1. The van der Waals surface area contributed by atoms with Crippen molar-refractivity contribution in [3.63, 3.8) is 0 Å². The molecule has 0 bridgehead atoms. The average molecular weight is 396 g/mol. The molecule has 0 saturated heterocycles. The first kappa shape index (κ1) is 20.1. The summed E-state index contributed by atoms with van der Waals surface area (Å²) >= 11 is 1.70. The summed E-state index contributed by atoms with van der Waals surface area (Å²) < 4.78 is 7.39. The van der Waals surface area contributed by atoms with Crippen molar-refractivity contribution < 1.29 is 14.3 Å². The summed E-state index contributed by atoms with van der Waals surface area (Å²) in [6.45, 7) is 6.44. The van der Waals surface area contributed by atoms with Crippen LogP contribution in [0.5, 0.6) is 0 Å². The van der Waals surface area contributed by atoms with E-state index in [4.69, 9.17) is 4.74 Å². The van der Waals surface area contributed by atoms with Gasteiger partial charge in [0.2, 0.25) is 5.78 Å². The van der Waals surface area contributed by atoms with E-state index >= 15 is 0 Å². The number of nitrogens with zero attached hydrogens (tertiary/aromatic N) is 1. The Balaban J connectivity index is 1.58. The second kappa shape index (κ2) is 9.02. The molecular formula is C23H25NO3S. The van der Waals surface area contributed by atoms with Crippen LogP contribution in [0.3, 0.4) is 0 Å². The first-order valence-corrected chi connectivity index (χ1v) is 10.3. The Labute approximate surface area is 169 Å². The number of ether oxygens (including phenoxy) is 1. The number of benzene rings is 1. The molecule has 2 heterocycles. The van der Waals surface area contributed by atoms with Crippen LogP contribution in [-0.4, -0.2) is 22.9 Å². The highest BCUT2D eigenvalue weighted by Gasteiger charge is 2.19. The average Bonchev–Trinajstić information content (AvgIpc) is 3.30. The Morgan fingerprint density at radius 3 is 2.54 bits per heavy atom. The van der Waals surface area contributed by atoms with Crippen LogP contribution in [0.2, 0.25) is 0 Å². The van der Waals surface area contributed by atoms with Crippen molar-refractivity contribution in [3.05, 3.63) is 81.3 Å². The molecule has 2 aromatic heterocycles. The third-order valence-electron chi connectivity index (χ3n) is 4.97. The summed E-state index contributed by atoms with van der Waals surface area (Å²) in [5, 5.41) is 2.05. The number of hydrogen-bond donors (Lipinski definition) is 0. The summed E-state index contributed by atoms with van der Waals surface area (Å²) in [6.07, 6.45) is 0.259.